The smallest absolute Gasteiger partial charge is 0.245 e. The number of nitrogens with one attached hydrogen (secondary N) is 1. The highest BCUT2D eigenvalue weighted by molar-refractivity contribution is 7.99. The maximum absolute atomic E-state index is 12.7. The highest BCUT2D eigenvalue weighted by Crippen LogP contribution is 2.47. The molecule has 0 saturated carbocycles. The van der Waals surface area contributed by atoms with Gasteiger partial charge in [-0.05, 0) is 24.3 Å². The average Bonchev–Trinajstić information content (AvgIpc) is 2.56. The van der Waals surface area contributed by atoms with E-state index in [0.29, 0.717) is 13.2 Å². The predicted octanol–water partition coefficient (Wildman–Crippen LogP) is 3.05. The number of hydrogen-bond donors (Lipinski definition) is 1. The zero-order valence-corrected chi connectivity index (χ0v) is 13.2. The first-order chi connectivity index (χ1) is 10.8. The van der Waals surface area contributed by atoms with Crippen LogP contribution in [0.2, 0.25) is 0 Å². The molecule has 4 nitrogen and oxygen atoms in total. The number of para-hydroxylation sites is 2. The molecule has 0 radical (unpaired) electrons. The Morgan fingerprint density at radius 1 is 1.09 bits per heavy atom. The molecule has 0 saturated heterocycles. The van der Waals surface area contributed by atoms with E-state index in [4.69, 9.17) is 4.74 Å². The van der Waals surface area contributed by atoms with E-state index in [9.17, 15) is 4.79 Å². The molecular formula is C17H18N2O2S. The van der Waals surface area contributed by atoms with Crippen LogP contribution in [0.25, 0.3) is 0 Å². The van der Waals surface area contributed by atoms with Crippen molar-refractivity contribution in [2.24, 2.45) is 0 Å². The lowest BCUT2D eigenvalue weighted by Crippen LogP contribution is -2.37. The molecule has 0 bridgehead atoms. The van der Waals surface area contributed by atoms with Crippen LogP contribution in [0.5, 0.6) is 0 Å². The summed E-state index contributed by atoms with van der Waals surface area (Å²) in [6.45, 7) is 1.54. The Labute approximate surface area is 134 Å². The number of fused-ring (bicyclic) bond motifs is 2. The van der Waals surface area contributed by atoms with Gasteiger partial charge in [-0.15, -0.1) is 0 Å². The van der Waals surface area contributed by atoms with Gasteiger partial charge in [0, 0.05) is 23.4 Å². The van der Waals surface area contributed by atoms with Crippen molar-refractivity contribution in [1.29, 1.82) is 0 Å². The second-order valence-corrected chi connectivity index (χ2v) is 6.02. The van der Waals surface area contributed by atoms with Gasteiger partial charge >= 0.3 is 0 Å². The Hall–Kier alpha value is -1.82. The van der Waals surface area contributed by atoms with E-state index in [1.807, 2.05) is 36.4 Å². The summed E-state index contributed by atoms with van der Waals surface area (Å²) in [5.41, 5.74) is 1.90. The van der Waals surface area contributed by atoms with Gasteiger partial charge in [0.1, 0.15) is 0 Å². The van der Waals surface area contributed by atoms with Gasteiger partial charge in [0.05, 0.1) is 24.5 Å². The number of carbonyl (C=O) groups excluding carboxylic acids is 1. The molecule has 22 heavy (non-hydrogen) atoms. The third-order valence-electron chi connectivity index (χ3n) is 3.44. The molecule has 2 aromatic rings. The zero-order valence-electron chi connectivity index (χ0n) is 12.4. The second-order valence-electron chi connectivity index (χ2n) is 4.94. The summed E-state index contributed by atoms with van der Waals surface area (Å²) >= 11 is 1.70. The molecule has 0 fully saturated rings. The van der Waals surface area contributed by atoms with Crippen LogP contribution in [0.4, 0.5) is 11.4 Å². The van der Waals surface area contributed by atoms with Crippen molar-refractivity contribution in [2.45, 2.75) is 9.79 Å². The van der Waals surface area contributed by atoms with Crippen molar-refractivity contribution in [3.63, 3.8) is 0 Å². The van der Waals surface area contributed by atoms with Crippen LogP contribution in [-0.2, 0) is 9.53 Å². The topological polar surface area (TPSA) is 41.6 Å². The minimum absolute atomic E-state index is 0.0382. The molecule has 0 aliphatic carbocycles. The summed E-state index contributed by atoms with van der Waals surface area (Å²) < 4.78 is 4.99. The standard InChI is InChI=1S/C17H18N2O2S/c1-21-11-10-18-12-17(20)19-13-6-2-4-8-15(13)22-16-9-5-3-7-14(16)19/h2-9,18H,10-12H2,1H3. The van der Waals surface area contributed by atoms with Crippen molar-refractivity contribution < 1.29 is 9.53 Å². The van der Waals surface area contributed by atoms with E-state index in [2.05, 4.69) is 17.4 Å². The zero-order chi connectivity index (χ0) is 15.4. The Bertz CT molecular complexity index is 630. The van der Waals surface area contributed by atoms with Crippen LogP contribution in [0.3, 0.4) is 0 Å². The Morgan fingerprint density at radius 3 is 2.27 bits per heavy atom. The predicted molar refractivity (Wildman–Crippen MR) is 88.9 cm³/mol. The van der Waals surface area contributed by atoms with Crippen molar-refractivity contribution in [1.82, 2.24) is 5.32 Å². The van der Waals surface area contributed by atoms with Crippen molar-refractivity contribution in [3.8, 4) is 0 Å². The Morgan fingerprint density at radius 2 is 1.68 bits per heavy atom. The number of amides is 1. The van der Waals surface area contributed by atoms with Crippen LogP contribution >= 0.6 is 11.8 Å². The van der Waals surface area contributed by atoms with Gasteiger partial charge in [-0.3, -0.25) is 9.69 Å². The SMILES string of the molecule is COCCNCC(=O)N1c2ccccc2Sc2ccccc21. The van der Waals surface area contributed by atoms with Gasteiger partial charge in [0.25, 0.3) is 0 Å². The lowest BCUT2D eigenvalue weighted by Gasteiger charge is -2.31. The van der Waals surface area contributed by atoms with Crippen LogP contribution in [0.1, 0.15) is 0 Å². The molecule has 0 aromatic heterocycles. The second kappa shape index (κ2) is 6.96. The lowest BCUT2D eigenvalue weighted by atomic mass is 10.2. The fraction of sp³-hybridized carbons (Fsp3) is 0.235. The largest absolute Gasteiger partial charge is 0.383 e. The van der Waals surface area contributed by atoms with Gasteiger partial charge < -0.3 is 10.1 Å². The molecule has 0 unspecified atom stereocenters. The normalized spacial score (nSPS) is 12.7. The molecule has 114 valence electrons. The molecule has 1 aliphatic rings. The molecule has 3 rings (SSSR count). The first kappa shape index (κ1) is 15.1. The minimum Gasteiger partial charge on any atom is -0.383 e. The number of rotatable bonds is 5. The molecule has 5 heteroatoms. The number of carbonyl (C=O) groups is 1. The number of ether oxygens (including phenoxy) is 1. The Kier molecular flexibility index (Phi) is 4.77. The van der Waals surface area contributed by atoms with E-state index in [0.717, 1.165) is 21.2 Å². The summed E-state index contributed by atoms with van der Waals surface area (Å²) in [5, 5.41) is 3.12. The summed E-state index contributed by atoms with van der Waals surface area (Å²) in [7, 11) is 1.65. The average molecular weight is 314 g/mol. The van der Waals surface area contributed by atoms with Crippen LogP contribution < -0.4 is 10.2 Å². The maximum atomic E-state index is 12.7. The fourth-order valence-electron chi connectivity index (χ4n) is 2.42. The summed E-state index contributed by atoms with van der Waals surface area (Å²) in [6.07, 6.45) is 0. The monoisotopic (exact) mass is 314 g/mol. The van der Waals surface area contributed by atoms with Crippen molar-refractivity contribution >= 4 is 29.0 Å². The first-order valence-electron chi connectivity index (χ1n) is 7.20. The third-order valence-corrected chi connectivity index (χ3v) is 4.57. The fourth-order valence-corrected chi connectivity index (χ4v) is 3.48. The van der Waals surface area contributed by atoms with E-state index in [-0.39, 0.29) is 12.5 Å². The molecule has 0 atom stereocenters. The molecular weight excluding hydrogens is 296 g/mol. The minimum atomic E-state index is 0.0382. The van der Waals surface area contributed by atoms with Gasteiger partial charge in [0.2, 0.25) is 5.91 Å². The first-order valence-corrected chi connectivity index (χ1v) is 8.01. The maximum Gasteiger partial charge on any atom is 0.245 e. The molecule has 1 aliphatic heterocycles. The number of anilines is 2. The highest BCUT2D eigenvalue weighted by Gasteiger charge is 2.27. The molecule has 1 N–H and O–H groups in total. The van der Waals surface area contributed by atoms with E-state index in [1.54, 1.807) is 23.8 Å². The molecule has 0 spiro atoms. The van der Waals surface area contributed by atoms with Crippen molar-refractivity contribution in [2.75, 3.05) is 31.7 Å². The number of hydrogen-bond acceptors (Lipinski definition) is 4. The van der Waals surface area contributed by atoms with E-state index < -0.39 is 0 Å². The third kappa shape index (κ3) is 3.02. The summed E-state index contributed by atoms with van der Waals surface area (Å²) in [4.78, 5) is 16.7. The molecule has 1 heterocycles. The number of benzene rings is 2. The van der Waals surface area contributed by atoms with Crippen molar-refractivity contribution in [3.05, 3.63) is 48.5 Å². The summed E-state index contributed by atoms with van der Waals surface area (Å²) in [6, 6.07) is 16.0. The van der Waals surface area contributed by atoms with Crippen LogP contribution in [0.15, 0.2) is 58.3 Å². The van der Waals surface area contributed by atoms with Gasteiger partial charge in [-0.1, -0.05) is 36.0 Å². The van der Waals surface area contributed by atoms with E-state index >= 15 is 0 Å². The van der Waals surface area contributed by atoms with Crippen LogP contribution in [0, 0.1) is 0 Å². The highest BCUT2D eigenvalue weighted by atomic mass is 32.2. The van der Waals surface area contributed by atoms with Gasteiger partial charge in [0.15, 0.2) is 0 Å². The quantitative estimate of drug-likeness (QED) is 0.861. The number of nitrogens with zero attached hydrogens (tertiary/aromatic N) is 1. The van der Waals surface area contributed by atoms with Crippen LogP contribution in [-0.4, -0.2) is 32.7 Å². The number of methoxy groups -OCH3 is 1. The summed E-state index contributed by atoms with van der Waals surface area (Å²) in [5.74, 6) is 0.0382. The van der Waals surface area contributed by atoms with Gasteiger partial charge in [-0.25, -0.2) is 0 Å². The van der Waals surface area contributed by atoms with E-state index in [1.165, 1.54) is 0 Å². The molecule has 2 aromatic carbocycles. The Balaban J connectivity index is 1.88. The van der Waals surface area contributed by atoms with Gasteiger partial charge in [-0.2, -0.15) is 0 Å². The molecule has 1 amide bonds. The lowest BCUT2D eigenvalue weighted by molar-refractivity contribution is -0.117.